The number of methoxy groups -OCH3 is 2. The molecular weight excluding hydrogens is 328 g/mol. The van der Waals surface area contributed by atoms with Crippen molar-refractivity contribution in [3.05, 3.63) is 52.2 Å². The molecule has 2 N–H and O–H groups in total. The minimum absolute atomic E-state index is 0.189. The van der Waals surface area contributed by atoms with E-state index in [-0.39, 0.29) is 12.6 Å². The van der Waals surface area contributed by atoms with Gasteiger partial charge in [0.25, 0.3) is 0 Å². The Balaban J connectivity index is 1.85. The van der Waals surface area contributed by atoms with E-state index in [1.807, 2.05) is 41.8 Å². The topological polar surface area (TPSA) is 76.7 Å². The van der Waals surface area contributed by atoms with E-state index in [0.29, 0.717) is 12.3 Å². The molecular formula is C17H20N2O4S. The van der Waals surface area contributed by atoms with Crippen LogP contribution in [0.15, 0.2) is 41.8 Å². The van der Waals surface area contributed by atoms with Crippen LogP contribution in [0.1, 0.15) is 16.5 Å². The van der Waals surface area contributed by atoms with Crippen LogP contribution in [-0.2, 0) is 20.9 Å². The predicted molar refractivity (Wildman–Crippen MR) is 91.9 cm³/mol. The number of carbonyl (C=O) groups is 2. The Morgan fingerprint density at radius 1 is 1.12 bits per heavy atom. The zero-order chi connectivity index (χ0) is 17.4. The van der Waals surface area contributed by atoms with E-state index in [4.69, 9.17) is 9.47 Å². The van der Waals surface area contributed by atoms with Gasteiger partial charge >= 0.3 is 11.8 Å². The number of ether oxygens (including phenoxy) is 2. The monoisotopic (exact) mass is 348 g/mol. The summed E-state index contributed by atoms with van der Waals surface area (Å²) in [7, 11) is 3.13. The molecule has 0 saturated carbocycles. The Bertz CT molecular complexity index is 673. The van der Waals surface area contributed by atoms with Gasteiger partial charge in [-0.1, -0.05) is 18.2 Å². The molecule has 24 heavy (non-hydrogen) atoms. The Kier molecular flexibility index (Phi) is 6.77. The van der Waals surface area contributed by atoms with Crippen LogP contribution in [0.3, 0.4) is 0 Å². The van der Waals surface area contributed by atoms with Gasteiger partial charge in [-0.2, -0.15) is 0 Å². The van der Waals surface area contributed by atoms with Gasteiger partial charge in [0, 0.05) is 18.5 Å². The molecule has 1 heterocycles. The second-order valence-corrected chi connectivity index (χ2v) is 6.01. The second-order valence-electron chi connectivity index (χ2n) is 4.97. The first-order valence-electron chi connectivity index (χ1n) is 7.39. The summed E-state index contributed by atoms with van der Waals surface area (Å²) in [6.45, 7) is 0.530. The summed E-state index contributed by atoms with van der Waals surface area (Å²) < 4.78 is 10.6. The Hall–Kier alpha value is -2.38. The molecule has 7 heteroatoms. The number of hydrogen-bond acceptors (Lipinski definition) is 5. The molecule has 0 spiro atoms. The van der Waals surface area contributed by atoms with E-state index in [0.717, 1.165) is 10.4 Å². The summed E-state index contributed by atoms with van der Waals surface area (Å²) in [6, 6.07) is 11.2. The molecule has 0 saturated heterocycles. The first kappa shape index (κ1) is 18.0. The molecule has 0 bridgehead atoms. The number of nitrogens with one attached hydrogen (secondary N) is 2. The summed E-state index contributed by atoms with van der Waals surface area (Å²) in [5.41, 5.74) is 0.858. The molecule has 0 aliphatic rings. The van der Waals surface area contributed by atoms with Crippen molar-refractivity contribution in [2.75, 3.05) is 20.8 Å². The van der Waals surface area contributed by atoms with E-state index < -0.39 is 11.8 Å². The average molecular weight is 348 g/mol. The molecule has 6 nitrogen and oxygen atoms in total. The standard InChI is InChI=1S/C17H20N2O4S/c1-22-13-6-3-5-12(9-13)15(23-2)11-19-17(21)16(20)18-10-14-7-4-8-24-14/h3-9,15H,10-11H2,1-2H3,(H,18,20)(H,19,21)/t15-/m0/s1. The van der Waals surface area contributed by atoms with Gasteiger partial charge in [0.15, 0.2) is 0 Å². The third-order valence-corrected chi connectivity index (χ3v) is 4.28. The minimum Gasteiger partial charge on any atom is -0.497 e. The molecule has 0 aliphatic heterocycles. The zero-order valence-electron chi connectivity index (χ0n) is 13.6. The molecule has 2 aromatic rings. The SMILES string of the molecule is COc1cccc([C@H](CNC(=O)C(=O)NCc2cccs2)OC)c1. The number of rotatable bonds is 7. The maximum atomic E-state index is 11.9. The van der Waals surface area contributed by atoms with Crippen molar-refractivity contribution in [1.82, 2.24) is 10.6 Å². The molecule has 1 aromatic heterocycles. The van der Waals surface area contributed by atoms with Crippen LogP contribution >= 0.6 is 11.3 Å². The summed E-state index contributed by atoms with van der Waals surface area (Å²) >= 11 is 1.52. The lowest BCUT2D eigenvalue weighted by atomic mass is 10.1. The van der Waals surface area contributed by atoms with Crippen molar-refractivity contribution >= 4 is 23.2 Å². The third-order valence-electron chi connectivity index (χ3n) is 3.41. The van der Waals surface area contributed by atoms with Crippen molar-refractivity contribution in [3.8, 4) is 5.75 Å². The van der Waals surface area contributed by atoms with E-state index in [1.54, 1.807) is 14.2 Å². The number of amides is 2. The maximum absolute atomic E-state index is 11.9. The highest BCUT2D eigenvalue weighted by Crippen LogP contribution is 2.20. The van der Waals surface area contributed by atoms with Gasteiger partial charge in [0.05, 0.1) is 19.8 Å². The molecule has 128 valence electrons. The first-order chi connectivity index (χ1) is 11.6. The fourth-order valence-electron chi connectivity index (χ4n) is 2.11. The quantitative estimate of drug-likeness (QED) is 0.749. The third kappa shape index (κ3) is 5.07. The van der Waals surface area contributed by atoms with Gasteiger partial charge in [0.2, 0.25) is 0 Å². The Labute approximate surface area is 144 Å². The van der Waals surface area contributed by atoms with Crippen molar-refractivity contribution in [2.45, 2.75) is 12.6 Å². The van der Waals surface area contributed by atoms with Crippen molar-refractivity contribution in [1.29, 1.82) is 0 Å². The molecule has 1 atom stereocenters. The van der Waals surface area contributed by atoms with E-state index in [1.165, 1.54) is 11.3 Å². The number of benzene rings is 1. The molecule has 0 aliphatic carbocycles. The van der Waals surface area contributed by atoms with Gasteiger partial charge in [-0.05, 0) is 29.1 Å². The van der Waals surface area contributed by atoms with Gasteiger partial charge in [-0.25, -0.2) is 0 Å². The van der Waals surface area contributed by atoms with Gasteiger partial charge in [0.1, 0.15) is 5.75 Å². The molecule has 0 unspecified atom stereocenters. The highest BCUT2D eigenvalue weighted by Gasteiger charge is 2.17. The summed E-state index contributed by atoms with van der Waals surface area (Å²) in [5, 5.41) is 7.08. The van der Waals surface area contributed by atoms with Crippen LogP contribution in [0.4, 0.5) is 0 Å². The van der Waals surface area contributed by atoms with Crippen LogP contribution in [-0.4, -0.2) is 32.6 Å². The summed E-state index contributed by atoms with van der Waals surface area (Å²) in [4.78, 5) is 24.7. The van der Waals surface area contributed by atoms with Crippen LogP contribution in [0.2, 0.25) is 0 Å². The smallest absolute Gasteiger partial charge is 0.309 e. The predicted octanol–water partition coefficient (Wildman–Crippen LogP) is 1.88. The highest BCUT2D eigenvalue weighted by molar-refractivity contribution is 7.09. The number of hydrogen-bond donors (Lipinski definition) is 2. The van der Waals surface area contributed by atoms with E-state index >= 15 is 0 Å². The Morgan fingerprint density at radius 3 is 2.58 bits per heavy atom. The number of carbonyl (C=O) groups excluding carboxylic acids is 2. The molecule has 2 rings (SSSR count). The summed E-state index contributed by atoms with van der Waals surface area (Å²) in [6.07, 6.45) is -0.367. The van der Waals surface area contributed by atoms with E-state index in [9.17, 15) is 9.59 Å². The maximum Gasteiger partial charge on any atom is 0.309 e. The zero-order valence-corrected chi connectivity index (χ0v) is 14.4. The molecule has 0 radical (unpaired) electrons. The number of thiophene rings is 1. The van der Waals surface area contributed by atoms with Gasteiger partial charge < -0.3 is 20.1 Å². The van der Waals surface area contributed by atoms with Crippen LogP contribution in [0, 0.1) is 0 Å². The largest absolute Gasteiger partial charge is 0.497 e. The van der Waals surface area contributed by atoms with Crippen molar-refractivity contribution < 1.29 is 19.1 Å². The fourth-order valence-corrected chi connectivity index (χ4v) is 2.75. The first-order valence-corrected chi connectivity index (χ1v) is 8.27. The summed E-state index contributed by atoms with van der Waals surface area (Å²) in [5.74, 6) is -0.644. The lowest BCUT2D eigenvalue weighted by Gasteiger charge is -2.17. The van der Waals surface area contributed by atoms with Crippen LogP contribution in [0.5, 0.6) is 5.75 Å². The average Bonchev–Trinajstić information content (AvgIpc) is 3.13. The lowest BCUT2D eigenvalue weighted by molar-refractivity contribution is -0.139. The van der Waals surface area contributed by atoms with Crippen LogP contribution < -0.4 is 15.4 Å². The van der Waals surface area contributed by atoms with Gasteiger partial charge in [-0.15, -0.1) is 11.3 Å². The highest BCUT2D eigenvalue weighted by atomic mass is 32.1. The van der Waals surface area contributed by atoms with Crippen molar-refractivity contribution in [2.24, 2.45) is 0 Å². The minimum atomic E-state index is -0.684. The molecule has 0 fully saturated rings. The fraction of sp³-hybridized carbons (Fsp3) is 0.294. The molecule has 1 aromatic carbocycles. The Morgan fingerprint density at radius 2 is 1.92 bits per heavy atom. The van der Waals surface area contributed by atoms with Crippen molar-refractivity contribution in [3.63, 3.8) is 0 Å². The van der Waals surface area contributed by atoms with Gasteiger partial charge in [-0.3, -0.25) is 9.59 Å². The normalized spacial score (nSPS) is 11.6. The van der Waals surface area contributed by atoms with Crippen LogP contribution in [0.25, 0.3) is 0 Å². The van der Waals surface area contributed by atoms with E-state index in [2.05, 4.69) is 10.6 Å². The second kappa shape index (κ2) is 9.05. The molecule has 2 amide bonds. The lowest BCUT2D eigenvalue weighted by Crippen LogP contribution is -2.41.